The Labute approximate surface area is 50.9 Å². The maximum atomic E-state index is 12.0. The highest BCUT2D eigenvalue weighted by atomic mass is 31.0. The minimum Gasteiger partial charge on any atom is -0.296 e. The molecule has 48 valence electrons. The lowest BCUT2D eigenvalue weighted by Gasteiger charge is -2.01. The molecule has 0 aromatic heterocycles. The molecule has 8 heavy (non-hydrogen) atoms. The fraction of sp³-hybridized carbons (Fsp3) is 0.800. The van der Waals surface area contributed by atoms with E-state index in [4.69, 9.17) is 0 Å². The third-order valence-corrected chi connectivity index (χ3v) is 1.17. The van der Waals surface area contributed by atoms with Crippen molar-refractivity contribution in [1.82, 2.24) is 0 Å². The average molecular weight is 136 g/mol. The summed E-state index contributed by atoms with van der Waals surface area (Å²) in [5.74, 6) is -0.352. The molecule has 0 bridgehead atoms. The number of Topliss-reactive ketones (excluding diaryl/α,β-unsaturated/α-hetero) is 1. The van der Waals surface area contributed by atoms with E-state index >= 15 is 0 Å². The van der Waals surface area contributed by atoms with Gasteiger partial charge in [-0.05, 0) is 6.92 Å². The minimum absolute atomic E-state index is 0.255. The monoisotopic (exact) mass is 136 g/mol. The third kappa shape index (κ3) is 2.37. The second-order valence-corrected chi connectivity index (χ2v) is 2.81. The molecule has 0 aromatic carbocycles. The molecule has 0 heterocycles. The lowest BCUT2D eigenvalue weighted by molar-refractivity contribution is -0.122. The lowest BCUT2D eigenvalue weighted by Crippen LogP contribution is -2.19. The minimum atomic E-state index is -1.32. The smallest absolute Gasteiger partial charge is 0.173 e. The first-order valence-corrected chi connectivity index (χ1v) is 3.15. The van der Waals surface area contributed by atoms with E-state index in [-0.39, 0.29) is 11.4 Å². The van der Waals surface area contributed by atoms with Crippen LogP contribution in [0.15, 0.2) is 0 Å². The van der Waals surface area contributed by atoms with Crippen LogP contribution in [-0.4, -0.2) is 17.6 Å². The lowest BCUT2D eigenvalue weighted by atomic mass is 10.2. The number of carbonyl (C=O) groups is 1. The van der Waals surface area contributed by atoms with Crippen LogP contribution in [0.3, 0.4) is 0 Å². The molecule has 3 atom stereocenters. The van der Waals surface area contributed by atoms with Gasteiger partial charge in [-0.2, -0.15) is 0 Å². The average Bonchev–Trinajstić information content (AvgIpc) is 1.64. The molecule has 0 saturated heterocycles. The van der Waals surface area contributed by atoms with Crippen molar-refractivity contribution in [3.05, 3.63) is 0 Å². The van der Waals surface area contributed by atoms with Crippen molar-refractivity contribution in [2.24, 2.45) is 0 Å². The van der Waals surface area contributed by atoms with Crippen LogP contribution in [0.4, 0.5) is 4.39 Å². The van der Waals surface area contributed by atoms with Gasteiger partial charge in [0.1, 0.15) is 0 Å². The highest BCUT2D eigenvalue weighted by Gasteiger charge is 2.13. The highest BCUT2D eigenvalue weighted by molar-refractivity contribution is 7.19. The molecule has 0 N–H and O–H groups in total. The molecule has 0 aliphatic rings. The second kappa shape index (κ2) is 3.13. The van der Waals surface area contributed by atoms with Gasteiger partial charge in [0.2, 0.25) is 0 Å². The SMILES string of the molecule is CC(F)C(=O)C(C)P. The summed E-state index contributed by atoms with van der Waals surface area (Å²) in [6.07, 6.45) is -1.32. The normalized spacial score (nSPS) is 17.5. The van der Waals surface area contributed by atoms with Crippen molar-refractivity contribution in [2.75, 3.05) is 0 Å². The summed E-state index contributed by atoms with van der Waals surface area (Å²) < 4.78 is 12.0. The molecule has 0 rings (SSSR count). The Morgan fingerprint density at radius 1 is 1.62 bits per heavy atom. The zero-order valence-electron chi connectivity index (χ0n) is 5.02. The number of carbonyl (C=O) groups excluding carboxylic acids is 1. The van der Waals surface area contributed by atoms with Gasteiger partial charge in [-0.1, -0.05) is 6.92 Å². The molecule has 0 spiro atoms. The molecular formula is C5H10FOP. The predicted molar refractivity (Wildman–Crippen MR) is 34.7 cm³/mol. The molecule has 0 aliphatic heterocycles. The van der Waals surface area contributed by atoms with Crippen LogP contribution in [0.25, 0.3) is 0 Å². The van der Waals surface area contributed by atoms with Crippen LogP contribution in [0.1, 0.15) is 13.8 Å². The van der Waals surface area contributed by atoms with Crippen LogP contribution in [-0.2, 0) is 4.79 Å². The predicted octanol–water partition coefficient (Wildman–Crippen LogP) is 1.18. The number of ketones is 1. The van der Waals surface area contributed by atoms with E-state index in [1.165, 1.54) is 6.92 Å². The van der Waals surface area contributed by atoms with E-state index < -0.39 is 6.17 Å². The summed E-state index contributed by atoms with van der Waals surface area (Å²) in [5.41, 5.74) is -0.255. The zero-order valence-corrected chi connectivity index (χ0v) is 6.17. The van der Waals surface area contributed by atoms with Crippen LogP contribution in [0.2, 0.25) is 0 Å². The van der Waals surface area contributed by atoms with Crippen molar-refractivity contribution in [3.8, 4) is 0 Å². The van der Waals surface area contributed by atoms with E-state index in [1.807, 2.05) is 0 Å². The molecule has 3 heteroatoms. The number of alkyl halides is 1. The first-order chi connectivity index (χ1) is 3.55. The van der Waals surface area contributed by atoms with Crippen molar-refractivity contribution >= 4 is 15.0 Å². The third-order valence-electron chi connectivity index (χ3n) is 0.841. The van der Waals surface area contributed by atoms with Crippen molar-refractivity contribution in [2.45, 2.75) is 25.7 Å². The second-order valence-electron chi connectivity index (χ2n) is 1.81. The number of hydrogen-bond donors (Lipinski definition) is 0. The van der Waals surface area contributed by atoms with Crippen molar-refractivity contribution in [3.63, 3.8) is 0 Å². The maximum Gasteiger partial charge on any atom is 0.173 e. The summed E-state index contributed by atoms with van der Waals surface area (Å²) in [7, 11) is 2.25. The Balaban J connectivity index is 3.65. The number of hydrogen-bond acceptors (Lipinski definition) is 1. The Morgan fingerprint density at radius 3 is 2.00 bits per heavy atom. The van der Waals surface area contributed by atoms with Crippen molar-refractivity contribution in [1.29, 1.82) is 0 Å². The molecule has 1 nitrogen and oxygen atoms in total. The fourth-order valence-electron chi connectivity index (χ4n) is 0.362. The van der Waals surface area contributed by atoms with Crippen LogP contribution < -0.4 is 0 Å². The molecule has 3 unspecified atom stereocenters. The molecule has 0 aromatic rings. The fourth-order valence-corrected chi connectivity index (χ4v) is 0.627. The molecule has 0 amide bonds. The van der Waals surface area contributed by atoms with Gasteiger partial charge in [0, 0.05) is 5.66 Å². The molecule has 0 saturated carbocycles. The van der Waals surface area contributed by atoms with E-state index in [0.717, 1.165) is 0 Å². The summed E-state index contributed by atoms with van der Waals surface area (Å²) in [6, 6.07) is 0. The van der Waals surface area contributed by atoms with Gasteiger partial charge in [-0.15, -0.1) is 9.24 Å². The van der Waals surface area contributed by atoms with E-state index in [0.29, 0.717) is 0 Å². The molecule has 0 fully saturated rings. The molecule has 0 aliphatic carbocycles. The topological polar surface area (TPSA) is 17.1 Å². The maximum absolute atomic E-state index is 12.0. The summed E-state index contributed by atoms with van der Waals surface area (Å²) in [4.78, 5) is 10.4. The highest BCUT2D eigenvalue weighted by Crippen LogP contribution is 2.04. The zero-order chi connectivity index (χ0) is 6.73. The van der Waals surface area contributed by atoms with E-state index in [1.54, 1.807) is 6.92 Å². The van der Waals surface area contributed by atoms with Gasteiger partial charge in [0.25, 0.3) is 0 Å². The largest absolute Gasteiger partial charge is 0.296 e. The van der Waals surface area contributed by atoms with Gasteiger partial charge < -0.3 is 0 Å². The van der Waals surface area contributed by atoms with Crippen molar-refractivity contribution < 1.29 is 9.18 Å². The van der Waals surface area contributed by atoms with Gasteiger partial charge in [0.05, 0.1) is 0 Å². The van der Waals surface area contributed by atoms with E-state index in [2.05, 4.69) is 9.24 Å². The van der Waals surface area contributed by atoms with E-state index in [9.17, 15) is 9.18 Å². The number of halogens is 1. The van der Waals surface area contributed by atoms with Crippen LogP contribution in [0, 0.1) is 0 Å². The number of rotatable bonds is 2. The Hall–Kier alpha value is 0.0300. The van der Waals surface area contributed by atoms with Gasteiger partial charge in [-0.3, -0.25) is 4.79 Å². The summed E-state index contributed by atoms with van der Waals surface area (Å²) >= 11 is 0. The van der Waals surface area contributed by atoms with Gasteiger partial charge >= 0.3 is 0 Å². The summed E-state index contributed by atoms with van der Waals surface area (Å²) in [6.45, 7) is 2.91. The van der Waals surface area contributed by atoms with Gasteiger partial charge in [-0.25, -0.2) is 4.39 Å². The van der Waals surface area contributed by atoms with Crippen LogP contribution in [0.5, 0.6) is 0 Å². The molecular weight excluding hydrogens is 126 g/mol. The van der Waals surface area contributed by atoms with Crippen LogP contribution >= 0.6 is 9.24 Å². The Kier molecular flexibility index (Phi) is 3.15. The Morgan fingerprint density at radius 2 is 2.00 bits per heavy atom. The quantitative estimate of drug-likeness (QED) is 0.521. The standard InChI is InChI=1S/C5H10FOP/c1-3(6)5(7)4(2)8/h3-4H,8H2,1-2H3. The first-order valence-electron chi connectivity index (χ1n) is 2.49. The Bertz CT molecular complexity index is 80.4. The van der Waals surface area contributed by atoms with Gasteiger partial charge in [0.15, 0.2) is 12.0 Å². The summed E-state index contributed by atoms with van der Waals surface area (Å²) in [5, 5.41) is 0. The first kappa shape index (κ1) is 8.03. The molecule has 0 radical (unpaired) electrons.